The third-order valence-electron chi connectivity index (χ3n) is 3.16. The predicted molar refractivity (Wildman–Crippen MR) is 91.1 cm³/mol. The van der Waals surface area contributed by atoms with Gasteiger partial charge in [-0.3, -0.25) is 0 Å². The van der Waals surface area contributed by atoms with E-state index in [-0.39, 0.29) is 0 Å². The molecule has 0 aromatic heterocycles. The Bertz CT molecular complexity index is 618. The van der Waals surface area contributed by atoms with Gasteiger partial charge in [-0.25, -0.2) is 0 Å². The minimum atomic E-state index is 0.435. The summed E-state index contributed by atoms with van der Waals surface area (Å²) in [6.45, 7) is 2.01. The third kappa shape index (κ3) is 3.27. The fraction of sp³-hybridized carbons (Fsp3) is 0.188. The number of nitrogens with two attached hydrogens (primary N) is 1. The van der Waals surface area contributed by atoms with Crippen LogP contribution in [0.2, 0.25) is 0 Å². The van der Waals surface area contributed by atoms with Gasteiger partial charge in [-0.1, -0.05) is 12.2 Å². The zero-order chi connectivity index (χ0) is 14.7. The molecule has 0 aliphatic rings. The lowest BCUT2D eigenvalue weighted by Gasteiger charge is -2.14. The van der Waals surface area contributed by atoms with Crippen LogP contribution in [-0.4, -0.2) is 19.1 Å². The Labute approximate surface area is 125 Å². The highest BCUT2D eigenvalue weighted by atomic mass is 32.1. The number of nitrogens with zero attached hydrogens (tertiary/aromatic N) is 1. The summed E-state index contributed by atoms with van der Waals surface area (Å²) in [5.41, 5.74) is 10.9. The SMILES string of the molecule is Cc1cc(Nc2ccc(N(C)C)cc2)ccc1C(N)=S. The lowest BCUT2D eigenvalue weighted by molar-refractivity contribution is 1.13. The van der Waals surface area contributed by atoms with E-state index in [4.69, 9.17) is 18.0 Å². The van der Waals surface area contributed by atoms with E-state index in [1.165, 1.54) is 5.69 Å². The standard InChI is InChI=1S/C16H19N3S/c1-11-10-13(6-9-15(11)16(17)20)18-12-4-7-14(8-5-12)19(2)3/h4-10,18H,1-3H3,(H2,17,20). The maximum Gasteiger partial charge on any atom is 0.104 e. The molecule has 2 aromatic rings. The van der Waals surface area contributed by atoms with Gasteiger partial charge in [0.05, 0.1) is 0 Å². The summed E-state index contributed by atoms with van der Waals surface area (Å²) < 4.78 is 0. The first-order valence-corrected chi connectivity index (χ1v) is 6.83. The second kappa shape index (κ2) is 5.92. The summed E-state index contributed by atoms with van der Waals surface area (Å²) in [4.78, 5) is 2.51. The van der Waals surface area contributed by atoms with Gasteiger partial charge in [-0.15, -0.1) is 0 Å². The highest BCUT2D eigenvalue weighted by molar-refractivity contribution is 7.80. The summed E-state index contributed by atoms with van der Waals surface area (Å²) in [6, 6.07) is 14.3. The van der Waals surface area contributed by atoms with Crippen molar-refractivity contribution in [1.29, 1.82) is 0 Å². The fourth-order valence-electron chi connectivity index (χ4n) is 2.03. The molecule has 0 saturated heterocycles. The maximum absolute atomic E-state index is 5.67. The molecule has 0 fully saturated rings. The molecule has 4 heteroatoms. The monoisotopic (exact) mass is 285 g/mol. The largest absolute Gasteiger partial charge is 0.389 e. The number of rotatable bonds is 4. The van der Waals surface area contributed by atoms with Gasteiger partial charge in [-0.2, -0.15) is 0 Å². The molecule has 0 radical (unpaired) electrons. The molecule has 2 aromatic carbocycles. The van der Waals surface area contributed by atoms with Crippen molar-refractivity contribution in [3.63, 3.8) is 0 Å². The van der Waals surface area contributed by atoms with Crippen LogP contribution < -0.4 is 16.0 Å². The Kier molecular flexibility index (Phi) is 4.25. The van der Waals surface area contributed by atoms with Gasteiger partial charge in [0.2, 0.25) is 0 Å². The van der Waals surface area contributed by atoms with Crippen LogP contribution in [0.3, 0.4) is 0 Å². The lowest BCUT2D eigenvalue weighted by atomic mass is 10.1. The molecule has 0 amide bonds. The molecular weight excluding hydrogens is 266 g/mol. The lowest BCUT2D eigenvalue weighted by Crippen LogP contribution is -2.11. The number of benzene rings is 2. The summed E-state index contributed by atoms with van der Waals surface area (Å²) in [6.07, 6.45) is 0. The first kappa shape index (κ1) is 14.3. The average molecular weight is 285 g/mol. The van der Waals surface area contributed by atoms with Crippen LogP contribution >= 0.6 is 12.2 Å². The van der Waals surface area contributed by atoms with Gasteiger partial charge in [0.15, 0.2) is 0 Å². The van der Waals surface area contributed by atoms with Crippen LogP contribution in [0, 0.1) is 6.92 Å². The Morgan fingerprint density at radius 1 is 1.05 bits per heavy atom. The first-order chi connectivity index (χ1) is 9.47. The number of hydrogen-bond donors (Lipinski definition) is 2. The molecule has 0 saturated carbocycles. The topological polar surface area (TPSA) is 41.3 Å². The van der Waals surface area contributed by atoms with E-state index < -0.39 is 0 Å². The third-order valence-corrected chi connectivity index (χ3v) is 3.38. The van der Waals surface area contributed by atoms with Gasteiger partial charge in [-0.05, 0) is 55.0 Å². The molecule has 0 aliphatic heterocycles. The number of nitrogens with one attached hydrogen (secondary N) is 1. The average Bonchev–Trinajstić information content (AvgIpc) is 2.39. The van der Waals surface area contributed by atoms with Gasteiger partial charge in [0.1, 0.15) is 4.99 Å². The van der Waals surface area contributed by atoms with Crippen LogP contribution in [0.5, 0.6) is 0 Å². The van der Waals surface area contributed by atoms with Crippen LogP contribution in [0.1, 0.15) is 11.1 Å². The van der Waals surface area contributed by atoms with Crippen molar-refractivity contribution in [2.75, 3.05) is 24.3 Å². The van der Waals surface area contributed by atoms with Crippen molar-refractivity contribution in [1.82, 2.24) is 0 Å². The first-order valence-electron chi connectivity index (χ1n) is 6.42. The normalized spacial score (nSPS) is 10.2. The van der Waals surface area contributed by atoms with Crippen molar-refractivity contribution >= 4 is 34.3 Å². The van der Waals surface area contributed by atoms with Crippen molar-refractivity contribution in [2.45, 2.75) is 6.92 Å². The molecule has 2 rings (SSSR count). The molecule has 0 bridgehead atoms. The molecular formula is C16H19N3S. The molecule has 0 aliphatic carbocycles. The van der Waals surface area contributed by atoms with Crippen molar-refractivity contribution in [2.24, 2.45) is 5.73 Å². The highest BCUT2D eigenvalue weighted by Crippen LogP contribution is 2.22. The molecule has 104 valence electrons. The molecule has 0 unspecified atom stereocenters. The molecule has 3 N–H and O–H groups in total. The Morgan fingerprint density at radius 2 is 1.65 bits per heavy atom. The van der Waals surface area contributed by atoms with E-state index >= 15 is 0 Å². The van der Waals surface area contributed by atoms with Crippen molar-refractivity contribution in [3.05, 3.63) is 53.6 Å². The Hall–Kier alpha value is -2.07. The van der Waals surface area contributed by atoms with E-state index in [0.717, 1.165) is 22.5 Å². The Balaban J connectivity index is 2.17. The van der Waals surface area contributed by atoms with E-state index in [2.05, 4.69) is 34.5 Å². The minimum Gasteiger partial charge on any atom is -0.389 e. The van der Waals surface area contributed by atoms with Gasteiger partial charge in [0, 0.05) is 36.7 Å². The summed E-state index contributed by atoms with van der Waals surface area (Å²) in [5.74, 6) is 0. The maximum atomic E-state index is 5.67. The van der Waals surface area contributed by atoms with E-state index in [1.807, 2.05) is 39.2 Å². The zero-order valence-electron chi connectivity index (χ0n) is 12.0. The number of hydrogen-bond acceptors (Lipinski definition) is 3. The summed E-state index contributed by atoms with van der Waals surface area (Å²) in [7, 11) is 4.06. The smallest absolute Gasteiger partial charge is 0.104 e. The second-order valence-electron chi connectivity index (χ2n) is 4.96. The van der Waals surface area contributed by atoms with Crippen LogP contribution in [0.15, 0.2) is 42.5 Å². The quantitative estimate of drug-likeness (QED) is 0.844. The van der Waals surface area contributed by atoms with Gasteiger partial charge in [0.25, 0.3) is 0 Å². The molecule has 0 spiro atoms. The van der Waals surface area contributed by atoms with Crippen LogP contribution in [0.25, 0.3) is 0 Å². The van der Waals surface area contributed by atoms with Crippen molar-refractivity contribution < 1.29 is 0 Å². The van der Waals surface area contributed by atoms with Gasteiger partial charge >= 0.3 is 0 Å². The molecule has 20 heavy (non-hydrogen) atoms. The summed E-state index contributed by atoms with van der Waals surface area (Å²) >= 11 is 5.01. The van der Waals surface area contributed by atoms with E-state index in [1.54, 1.807) is 0 Å². The number of anilines is 3. The molecule has 3 nitrogen and oxygen atoms in total. The zero-order valence-corrected chi connectivity index (χ0v) is 12.8. The van der Waals surface area contributed by atoms with Crippen molar-refractivity contribution in [3.8, 4) is 0 Å². The minimum absolute atomic E-state index is 0.435. The molecule has 0 atom stereocenters. The summed E-state index contributed by atoms with van der Waals surface area (Å²) in [5, 5.41) is 3.37. The highest BCUT2D eigenvalue weighted by Gasteiger charge is 2.03. The number of thiocarbonyl (C=S) groups is 1. The molecule has 0 heterocycles. The fourth-order valence-corrected chi connectivity index (χ4v) is 2.26. The Morgan fingerprint density at radius 3 is 2.15 bits per heavy atom. The van der Waals surface area contributed by atoms with Crippen LogP contribution in [0.4, 0.5) is 17.1 Å². The van der Waals surface area contributed by atoms with Crippen LogP contribution in [-0.2, 0) is 0 Å². The number of aryl methyl sites for hydroxylation is 1. The second-order valence-corrected chi connectivity index (χ2v) is 5.40. The van der Waals surface area contributed by atoms with E-state index in [0.29, 0.717) is 4.99 Å². The van der Waals surface area contributed by atoms with E-state index in [9.17, 15) is 0 Å². The van der Waals surface area contributed by atoms with Gasteiger partial charge < -0.3 is 16.0 Å². The predicted octanol–water partition coefficient (Wildman–Crippen LogP) is 3.44.